The second kappa shape index (κ2) is 6.94. The SMILES string of the molecule is COc1ccccc1C(CN)C(O)c1ccc(Cl)c(C)c1. The number of rotatable bonds is 5. The van der Waals surface area contributed by atoms with Crippen LogP contribution in [0.4, 0.5) is 0 Å². The summed E-state index contributed by atoms with van der Waals surface area (Å²) < 4.78 is 5.37. The van der Waals surface area contributed by atoms with Crippen molar-refractivity contribution in [3.63, 3.8) is 0 Å². The van der Waals surface area contributed by atoms with Crippen molar-refractivity contribution in [1.29, 1.82) is 0 Å². The molecule has 2 unspecified atom stereocenters. The summed E-state index contributed by atoms with van der Waals surface area (Å²) in [7, 11) is 1.62. The van der Waals surface area contributed by atoms with Crippen LogP contribution in [0.1, 0.15) is 28.7 Å². The van der Waals surface area contributed by atoms with Crippen molar-refractivity contribution >= 4 is 11.6 Å². The first-order valence-corrected chi connectivity index (χ1v) is 7.23. The minimum atomic E-state index is -0.706. The van der Waals surface area contributed by atoms with Gasteiger partial charge in [0.15, 0.2) is 0 Å². The Morgan fingerprint density at radius 1 is 1.24 bits per heavy atom. The van der Waals surface area contributed by atoms with Gasteiger partial charge in [-0.2, -0.15) is 0 Å². The van der Waals surface area contributed by atoms with Crippen LogP contribution in [-0.2, 0) is 0 Å². The summed E-state index contributed by atoms with van der Waals surface area (Å²) in [5, 5.41) is 11.4. The summed E-state index contributed by atoms with van der Waals surface area (Å²) in [5.74, 6) is 0.499. The molecule has 4 heteroatoms. The third-order valence-electron chi connectivity index (χ3n) is 3.70. The normalized spacial score (nSPS) is 13.8. The molecule has 0 aromatic heterocycles. The van der Waals surface area contributed by atoms with Crippen LogP contribution in [0.25, 0.3) is 0 Å². The van der Waals surface area contributed by atoms with Crippen LogP contribution in [0.5, 0.6) is 5.75 Å². The maximum atomic E-state index is 10.7. The number of hydrogen-bond donors (Lipinski definition) is 2. The number of para-hydroxylation sites is 1. The van der Waals surface area contributed by atoms with E-state index in [0.29, 0.717) is 11.6 Å². The Balaban J connectivity index is 2.38. The largest absolute Gasteiger partial charge is 0.496 e. The lowest BCUT2D eigenvalue weighted by atomic mass is 9.88. The maximum absolute atomic E-state index is 10.7. The van der Waals surface area contributed by atoms with E-state index in [1.807, 2.05) is 43.3 Å². The minimum absolute atomic E-state index is 0.235. The molecule has 0 saturated heterocycles. The standard InChI is InChI=1S/C17H20ClNO2/c1-11-9-12(7-8-15(11)18)17(20)14(10-19)13-5-3-4-6-16(13)21-2/h3-9,14,17,20H,10,19H2,1-2H3. The highest BCUT2D eigenvalue weighted by Gasteiger charge is 2.24. The molecule has 0 aliphatic rings. The van der Waals surface area contributed by atoms with Crippen molar-refractivity contribution < 1.29 is 9.84 Å². The van der Waals surface area contributed by atoms with Gasteiger partial charge in [-0.1, -0.05) is 41.9 Å². The van der Waals surface area contributed by atoms with E-state index in [2.05, 4.69) is 0 Å². The predicted octanol–water partition coefficient (Wildman–Crippen LogP) is 3.43. The minimum Gasteiger partial charge on any atom is -0.496 e. The van der Waals surface area contributed by atoms with Crippen LogP contribution in [0.15, 0.2) is 42.5 Å². The first-order valence-electron chi connectivity index (χ1n) is 6.85. The molecule has 0 amide bonds. The Labute approximate surface area is 130 Å². The van der Waals surface area contributed by atoms with E-state index in [1.54, 1.807) is 13.2 Å². The van der Waals surface area contributed by atoms with E-state index in [4.69, 9.17) is 22.1 Å². The number of aliphatic hydroxyl groups is 1. The molecule has 0 fully saturated rings. The molecular formula is C17H20ClNO2. The average Bonchev–Trinajstić information content (AvgIpc) is 2.51. The number of aryl methyl sites for hydroxylation is 1. The summed E-state index contributed by atoms with van der Waals surface area (Å²) in [4.78, 5) is 0. The fourth-order valence-electron chi connectivity index (χ4n) is 2.48. The van der Waals surface area contributed by atoms with E-state index in [0.717, 1.165) is 22.4 Å². The molecular weight excluding hydrogens is 286 g/mol. The third kappa shape index (κ3) is 3.38. The summed E-state index contributed by atoms with van der Waals surface area (Å²) in [6, 6.07) is 13.1. The van der Waals surface area contributed by atoms with Crippen molar-refractivity contribution in [3.05, 3.63) is 64.2 Å². The van der Waals surface area contributed by atoms with E-state index in [1.165, 1.54) is 0 Å². The van der Waals surface area contributed by atoms with Crippen molar-refractivity contribution in [2.24, 2.45) is 5.73 Å². The number of methoxy groups -OCH3 is 1. The van der Waals surface area contributed by atoms with Gasteiger partial charge in [0.25, 0.3) is 0 Å². The lowest BCUT2D eigenvalue weighted by Crippen LogP contribution is -2.21. The molecule has 2 aromatic carbocycles. The zero-order valence-corrected chi connectivity index (χ0v) is 13.0. The third-order valence-corrected chi connectivity index (χ3v) is 4.12. The maximum Gasteiger partial charge on any atom is 0.122 e. The summed E-state index contributed by atoms with van der Waals surface area (Å²) in [5.41, 5.74) is 8.54. The molecule has 112 valence electrons. The van der Waals surface area contributed by atoms with Crippen molar-refractivity contribution in [1.82, 2.24) is 0 Å². The number of aliphatic hydroxyl groups excluding tert-OH is 1. The summed E-state index contributed by atoms with van der Waals surface area (Å²) in [6.07, 6.45) is -0.706. The summed E-state index contributed by atoms with van der Waals surface area (Å²) >= 11 is 6.04. The fourth-order valence-corrected chi connectivity index (χ4v) is 2.60. The van der Waals surface area contributed by atoms with E-state index in [9.17, 15) is 5.11 Å². The highest BCUT2D eigenvalue weighted by Crippen LogP contribution is 2.36. The van der Waals surface area contributed by atoms with Gasteiger partial charge in [0, 0.05) is 23.0 Å². The molecule has 0 heterocycles. The molecule has 0 radical (unpaired) electrons. The number of hydrogen-bond acceptors (Lipinski definition) is 3. The number of nitrogens with two attached hydrogens (primary N) is 1. The van der Waals surface area contributed by atoms with Crippen LogP contribution in [0.3, 0.4) is 0 Å². The molecule has 0 saturated carbocycles. The van der Waals surface area contributed by atoms with Gasteiger partial charge in [-0.3, -0.25) is 0 Å². The fraction of sp³-hybridized carbons (Fsp3) is 0.294. The van der Waals surface area contributed by atoms with Crippen molar-refractivity contribution in [2.75, 3.05) is 13.7 Å². The molecule has 0 bridgehead atoms. The lowest BCUT2D eigenvalue weighted by molar-refractivity contribution is 0.146. The highest BCUT2D eigenvalue weighted by molar-refractivity contribution is 6.31. The Hall–Kier alpha value is -1.55. The van der Waals surface area contributed by atoms with Crippen LogP contribution >= 0.6 is 11.6 Å². The second-order valence-electron chi connectivity index (χ2n) is 5.04. The zero-order valence-electron chi connectivity index (χ0n) is 12.2. The van der Waals surface area contributed by atoms with Gasteiger partial charge >= 0.3 is 0 Å². The lowest BCUT2D eigenvalue weighted by Gasteiger charge is -2.24. The number of benzene rings is 2. The predicted molar refractivity (Wildman–Crippen MR) is 85.9 cm³/mol. The quantitative estimate of drug-likeness (QED) is 0.890. The molecule has 3 N–H and O–H groups in total. The first-order chi connectivity index (χ1) is 10.1. The van der Waals surface area contributed by atoms with Gasteiger partial charge in [-0.25, -0.2) is 0 Å². The van der Waals surface area contributed by atoms with Crippen LogP contribution < -0.4 is 10.5 Å². The number of ether oxygens (including phenoxy) is 1. The molecule has 21 heavy (non-hydrogen) atoms. The average molecular weight is 306 g/mol. The van der Waals surface area contributed by atoms with E-state index in [-0.39, 0.29) is 5.92 Å². The van der Waals surface area contributed by atoms with Gasteiger partial charge in [0.2, 0.25) is 0 Å². The Bertz CT molecular complexity index is 615. The molecule has 2 atom stereocenters. The molecule has 2 rings (SSSR count). The molecule has 3 nitrogen and oxygen atoms in total. The van der Waals surface area contributed by atoms with Gasteiger partial charge in [0.1, 0.15) is 5.75 Å². The van der Waals surface area contributed by atoms with Crippen molar-refractivity contribution in [3.8, 4) is 5.75 Å². The monoisotopic (exact) mass is 305 g/mol. The Morgan fingerprint density at radius 2 is 1.95 bits per heavy atom. The number of halogens is 1. The van der Waals surface area contributed by atoms with Crippen LogP contribution in [0.2, 0.25) is 5.02 Å². The van der Waals surface area contributed by atoms with Crippen LogP contribution in [0, 0.1) is 6.92 Å². The van der Waals surface area contributed by atoms with Crippen molar-refractivity contribution in [2.45, 2.75) is 18.9 Å². The van der Waals surface area contributed by atoms with Gasteiger partial charge in [-0.05, 0) is 30.2 Å². The molecule has 0 aliphatic heterocycles. The summed E-state index contributed by atoms with van der Waals surface area (Å²) in [6.45, 7) is 2.24. The second-order valence-corrected chi connectivity index (χ2v) is 5.44. The van der Waals surface area contributed by atoms with E-state index >= 15 is 0 Å². The molecule has 0 aliphatic carbocycles. The van der Waals surface area contributed by atoms with E-state index < -0.39 is 6.10 Å². The Kier molecular flexibility index (Phi) is 5.23. The first kappa shape index (κ1) is 15.8. The zero-order chi connectivity index (χ0) is 15.4. The molecule has 0 spiro atoms. The smallest absolute Gasteiger partial charge is 0.122 e. The van der Waals surface area contributed by atoms with Gasteiger partial charge in [0.05, 0.1) is 13.2 Å². The van der Waals surface area contributed by atoms with Gasteiger partial charge < -0.3 is 15.6 Å². The topological polar surface area (TPSA) is 55.5 Å². The molecule has 2 aromatic rings. The van der Waals surface area contributed by atoms with Gasteiger partial charge in [-0.15, -0.1) is 0 Å². The highest BCUT2D eigenvalue weighted by atomic mass is 35.5. The van der Waals surface area contributed by atoms with Crippen LogP contribution in [-0.4, -0.2) is 18.8 Å². The Morgan fingerprint density at radius 3 is 2.57 bits per heavy atom.